The van der Waals surface area contributed by atoms with Crippen LogP contribution in [0.5, 0.6) is 0 Å². The summed E-state index contributed by atoms with van der Waals surface area (Å²) in [6.45, 7) is 1.94. The molecule has 2 aromatic rings. The molecule has 2 aromatic carbocycles. The molecule has 0 bridgehead atoms. The second-order valence-corrected chi connectivity index (χ2v) is 5.33. The Morgan fingerprint density at radius 2 is 1.86 bits per heavy atom. The van der Waals surface area contributed by atoms with Crippen molar-refractivity contribution in [3.8, 4) is 0 Å². The minimum absolute atomic E-state index is 0.169. The predicted molar refractivity (Wildman–Crippen MR) is 88.1 cm³/mol. The minimum atomic E-state index is -0.567. The highest BCUT2D eigenvalue weighted by Gasteiger charge is 2.19. The third-order valence-corrected chi connectivity index (χ3v) is 3.77. The van der Waals surface area contributed by atoms with Gasteiger partial charge in [0.25, 0.3) is 0 Å². The standard InChI is InChI=1S/C17H17ClN2O2/c1-2-13(11-6-4-3-5-7-11)17(22)20-15-10-12(16(19)21)8-9-14(15)18/h3-10,13H,2H2,1H3,(H2,19,21)(H,20,22). The average Bonchev–Trinajstić information content (AvgIpc) is 2.51. The van der Waals surface area contributed by atoms with Crippen LogP contribution in [0.4, 0.5) is 5.69 Å². The molecule has 5 heteroatoms. The monoisotopic (exact) mass is 316 g/mol. The number of nitrogens with one attached hydrogen (secondary N) is 1. The number of carbonyl (C=O) groups is 2. The van der Waals surface area contributed by atoms with Gasteiger partial charge in [0.1, 0.15) is 0 Å². The maximum atomic E-state index is 12.5. The molecule has 4 nitrogen and oxygen atoms in total. The zero-order chi connectivity index (χ0) is 16.1. The first-order valence-corrected chi connectivity index (χ1v) is 7.36. The van der Waals surface area contributed by atoms with Gasteiger partial charge in [-0.15, -0.1) is 0 Å². The molecule has 0 saturated carbocycles. The number of anilines is 1. The van der Waals surface area contributed by atoms with E-state index in [1.54, 1.807) is 6.07 Å². The van der Waals surface area contributed by atoms with Crippen LogP contribution in [0, 0.1) is 0 Å². The molecule has 0 spiro atoms. The summed E-state index contributed by atoms with van der Waals surface area (Å²) in [7, 11) is 0. The van der Waals surface area contributed by atoms with Gasteiger partial charge in [0.15, 0.2) is 0 Å². The van der Waals surface area contributed by atoms with Gasteiger partial charge in [-0.05, 0) is 30.2 Å². The summed E-state index contributed by atoms with van der Waals surface area (Å²) in [5, 5.41) is 3.14. The van der Waals surface area contributed by atoms with E-state index in [0.29, 0.717) is 22.7 Å². The van der Waals surface area contributed by atoms with E-state index < -0.39 is 5.91 Å². The van der Waals surface area contributed by atoms with Crippen LogP contribution in [-0.2, 0) is 4.79 Å². The number of benzene rings is 2. The molecular formula is C17H17ClN2O2. The lowest BCUT2D eigenvalue weighted by molar-refractivity contribution is -0.117. The van der Waals surface area contributed by atoms with Crippen molar-refractivity contribution in [2.24, 2.45) is 5.73 Å². The Kier molecular flexibility index (Phi) is 5.17. The first-order valence-electron chi connectivity index (χ1n) is 6.98. The molecule has 3 N–H and O–H groups in total. The highest BCUT2D eigenvalue weighted by atomic mass is 35.5. The first kappa shape index (κ1) is 16.0. The van der Waals surface area contributed by atoms with Gasteiger partial charge in [0.2, 0.25) is 11.8 Å². The molecule has 0 aliphatic rings. The van der Waals surface area contributed by atoms with E-state index in [0.717, 1.165) is 5.56 Å². The summed E-state index contributed by atoms with van der Waals surface area (Å²) in [6, 6.07) is 14.1. The maximum Gasteiger partial charge on any atom is 0.248 e. The van der Waals surface area contributed by atoms with Gasteiger partial charge in [-0.1, -0.05) is 48.9 Å². The van der Waals surface area contributed by atoms with Crippen molar-refractivity contribution in [1.82, 2.24) is 0 Å². The van der Waals surface area contributed by atoms with E-state index in [4.69, 9.17) is 17.3 Å². The van der Waals surface area contributed by atoms with E-state index in [9.17, 15) is 9.59 Å². The molecule has 114 valence electrons. The lowest BCUT2D eigenvalue weighted by atomic mass is 9.95. The lowest BCUT2D eigenvalue weighted by Crippen LogP contribution is -2.21. The number of nitrogens with two attached hydrogens (primary N) is 1. The topological polar surface area (TPSA) is 72.2 Å². The maximum absolute atomic E-state index is 12.5. The summed E-state index contributed by atoms with van der Waals surface area (Å²) in [5.41, 5.74) is 6.87. The van der Waals surface area contributed by atoms with Crippen LogP contribution in [0.25, 0.3) is 0 Å². The van der Waals surface area contributed by atoms with Gasteiger partial charge < -0.3 is 11.1 Å². The van der Waals surface area contributed by atoms with E-state index >= 15 is 0 Å². The molecule has 22 heavy (non-hydrogen) atoms. The Morgan fingerprint density at radius 3 is 2.45 bits per heavy atom. The number of hydrogen-bond donors (Lipinski definition) is 2. The van der Waals surface area contributed by atoms with Crippen molar-refractivity contribution in [3.05, 3.63) is 64.7 Å². The molecular weight excluding hydrogens is 300 g/mol. The van der Waals surface area contributed by atoms with Crippen molar-refractivity contribution in [1.29, 1.82) is 0 Å². The van der Waals surface area contributed by atoms with E-state index in [2.05, 4.69) is 5.32 Å². The molecule has 0 saturated heterocycles. The van der Waals surface area contributed by atoms with Gasteiger partial charge in [-0.3, -0.25) is 9.59 Å². The second-order valence-electron chi connectivity index (χ2n) is 4.92. The third-order valence-electron chi connectivity index (χ3n) is 3.44. The van der Waals surface area contributed by atoms with Crippen molar-refractivity contribution >= 4 is 29.1 Å². The first-order chi connectivity index (χ1) is 10.5. The highest BCUT2D eigenvalue weighted by Crippen LogP contribution is 2.26. The van der Waals surface area contributed by atoms with E-state index in [-0.39, 0.29) is 11.8 Å². The SMILES string of the molecule is CCC(C(=O)Nc1cc(C(N)=O)ccc1Cl)c1ccccc1. The van der Waals surface area contributed by atoms with Gasteiger partial charge >= 0.3 is 0 Å². The molecule has 1 unspecified atom stereocenters. The molecule has 1 atom stereocenters. The van der Waals surface area contributed by atoms with Crippen LogP contribution < -0.4 is 11.1 Å². The van der Waals surface area contributed by atoms with Gasteiger partial charge in [-0.25, -0.2) is 0 Å². The van der Waals surface area contributed by atoms with Crippen LogP contribution in [0.1, 0.15) is 35.2 Å². The third kappa shape index (κ3) is 3.65. The second kappa shape index (κ2) is 7.09. The predicted octanol–water partition coefficient (Wildman–Crippen LogP) is 3.57. The van der Waals surface area contributed by atoms with Crippen LogP contribution >= 0.6 is 11.6 Å². The minimum Gasteiger partial charge on any atom is -0.366 e. The quantitative estimate of drug-likeness (QED) is 0.885. The molecule has 2 rings (SSSR count). The highest BCUT2D eigenvalue weighted by molar-refractivity contribution is 6.34. The van der Waals surface area contributed by atoms with Crippen molar-refractivity contribution in [2.45, 2.75) is 19.3 Å². The molecule has 0 heterocycles. The fourth-order valence-corrected chi connectivity index (χ4v) is 2.42. The van der Waals surface area contributed by atoms with Gasteiger partial charge in [0, 0.05) is 5.56 Å². The average molecular weight is 317 g/mol. The summed E-state index contributed by atoms with van der Waals surface area (Å²) >= 11 is 6.07. The van der Waals surface area contributed by atoms with E-state index in [1.807, 2.05) is 37.3 Å². The van der Waals surface area contributed by atoms with Crippen LogP contribution in [0.3, 0.4) is 0 Å². The number of amides is 2. The Hall–Kier alpha value is -2.33. The van der Waals surface area contributed by atoms with Crippen LogP contribution in [-0.4, -0.2) is 11.8 Å². The molecule has 0 aliphatic carbocycles. The number of primary amides is 1. The Labute approximate surface area is 134 Å². The molecule has 0 aromatic heterocycles. The fourth-order valence-electron chi connectivity index (χ4n) is 2.25. The molecule has 2 amide bonds. The lowest BCUT2D eigenvalue weighted by Gasteiger charge is -2.16. The van der Waals surface area contributed by atoms with Crippen molar-refractivity contribution in [3.63, 3.8) is 0 Å². The van der Waals surface area contributed by atoms with Crippen molar-refractivity contribution in [2.75, 3.05) is 5.32 Å². The van der Waals surface area contributed by atoms with E-state index in [1.165, 1.54) is 12.1 Å². The molecule has 0 radical (unpaired) electrons. The number of hydrogen-bond acceptors (Lipinski definition) is 2. The Bertz CT molecular complexity index is 686. The molecule has 0 aliphatic heterocycles. The smallest absolute Gasteiger partial charge is 0.248 e. The zero-order valence-electron chi connectivity index (χ0n) is 12.2. The summed E-state index contributed by atoms with van der Waals surface area (Å²) in [4.78, 5) is 23.7. The number of carbonyl (C=O) groups excluding carboxylic acids is 2. The summed E-state index contributed by atoms with van der Waals surface area (Å²) in [5.74, 6) is -1.02. The summed E-state index contributed by atoms with van der Waals surface area (Å²) < 4.78 is 0. The Balaban J connectivity index is 2.24. The van der Waals surface area contributed by atoms with Gasteiger partial charge in [-0.2, -0.15) is 0 Å². The number of rotatable bonds is 5. The van der Waals surface area contributed by atoms with Gasteiger partial charge in [0.05, 0.1) is 16.6 Å². The zero-order valence-corrected chi connectivity index (χ0v) is 12.9. The fraction of sp³-hybridized carbons (Fsp3) is 0.176. The summed E-state index contributed by atoms with van der Waals surface area (Å²) in [6.07, 6.45) is 0.656. The Morgan fingerprint density at radius 1 is 1.18 bits per heavy atom. The van der Waals surface area contributed by atoms with Crippen molar-refractivity contribution < 1.29 is 9.59 Å². The molecule has 0 fully saturated rings. The number of halogens is 1. The van der Waals surface area contributed by atoms with Crippen LogP contribution in [0.2, 0.25) is 5.02 Å². The largest absolute Gasteiger partial charge is 0.366 e. The normalized spacial score (nSPS) is 11.7. The van der Waals surface area contributed by atoms with Crippen LogP contribution in [0.15, 0.2) is 48.5 Å².